The van der Waals surface area contributed by atoms with Crippen molar-refractivity contribution in [3.8, 4) is 0 Å². The second-order valence-electron chi connectivity index (χ2n) is 9.03. The van der Waals surface area contributed by atoms with Crippen molar-refractivity contribution >= 4 is 19.0 Å². The third-order valence-electron chi connectivity index (χ3n) is 6.39. The van der Waals surface area contributed by atoms with Gasteiger partial charge >= 0.3 is 0 Å². The van der Waals surface area contributed by atoms with Crippen molar-refractivity contribution in [2.45, 2.75) is 64.6 Å². The van der Waals surface area contributed by atoms with E-state index in [9.17, 15) is 0 Å². The van der Waals surface area contributed by atoms with E-state index in [1.807, 2.05) is 7.11 Å². The molecule has 0 heterocycles. The van der Waals surface area contributed by atoms with Gasteiger partial charge in [-0.2, -0.15) is 0 Å². The molecule has 5 atom stereocenters. The largest absolute Gasteiger partial charge is 1.00 e. The first-order valence-electron chi connectivity index (χ1n) is 8.36. The number of fused-ring (bicyclic) bond motifs is 2. The Bertz CT molecular complexity index is 422. The molecule has 23 heavy (non-hydrogen) atoms. The Kier molecular flexibility index (Phi) is 8.18. The van der Waals surface area contributed by atoms with Crippen LogP contribution in [0.1, 0.15) is 33.6 Å². The minimum Gasteiger partial charge on any atom is -1.00 e. The van der Waals surface area contributed by atoms with E-state index in [-0.39, 0.29) is 22.5 Å². The van der Waals surface area contributed by atoms with Gasteiger partial charge in [0.25, 0.3) is 0 Å². The van der Waals surface area contributed by atoms with Gasteiger partial charge in [-0.1, -0.05) is 46.1 Å². The highest BCUT2D eigenvalue weighted by atomic mass is 79.9. The van der Waals surface area contributed by atoms with Crippen LogP contribution >= 0.6 is 0 Å². The smallest absolute Gasteiger partial charge is 0.148 e. The highest BCUT2D eigenvalue weighted by Gasteiger charge is 2.70. The van der Waals surface area contributed by atoms with Crippen LogP contribution in [0.4, 0.5) is 0 Å². The van der Waals surface area contributed by atoms with Crippen LogP contribution in [0.15, 0.2) is 11.8 Å². The summed E-state index contributed by atoms with van der Waals surface area (Å²) in [7, 11) is 1.31. The third-order valence-corrected chi connectivity index (χ3v) is 9.85. The summed E-state index contributed by atoms with van der Waals surface area (Å²) in [6, 6.07) is 0. The number of hydrogen-bond donors (Lipinski definition) is 0. The maximum atomic E-state index is 6.06. The number of hydrogen-bond acceptors (Lipinski definition) is 1. The van der Waals surface area contributed by atoms with Gasteiger partial charge in [-0.25, -0.2) is 0 Å². The molecule has 0 amide bonds. The van der Waals surface area contributed by atoms with Gasteiger partial charge in [-0.15, -0.1) is 0 Å². The number of halogens is 1. The lowest BCUT2D eigenvalue weighted by molar-refractivity contribution is -0.0179. The van der Waals surface area contributed by atoms with E-state index >= 15 is 0 Å². The maximum Gasteiger partial charge on any atom is 0.148 e. The van der Waals surface area contributed by atoms with Gasteiger partial charge in [0.2, 0.25) is 0 Å². The molecule has 2 fully saturated rings. The molecule has 0 aromatic carbocycles. The van der Waals surface area contributed by atoms with Crippen molar-refractivity contribution in [2.24, 2.45) is 16.7 Å². The Balaban J connectivity index is 0.00000242. The van der Waals surface area contributed by atoms with E-state index in [1.54, 1.807) is 0 Å². The zero-order valence-electron chi connectivity index (χ0n) is 16.2. The SMILES string of the molecule is CO[C@@H]1[C@H]([S+](C)C/C=C/[Si](C)(C)C)[C@H]2CC[C@]1(C)C2(C)C.O.[Br-]. The first kappa shape index (κ1) is 23.7. The van der Waals surface area contributed by atoms with Crippen molar-refractivity contribution < 1.29 is 27.2 Å². The summed E-state index contributed by atoms with van der Waals surface area (Å²) in [6.07, 6.45) is 8.17. The molecule has 5 heteroatoms. The van der Waals surface area contributed by atoms with E-state index in [1.165, 1.54) is 18.6 Å². The summed E-state index contributed by atoms with van der Waals surface area (Å²) in [5, 5.41) is 0.759. The predicted octanol–water partition coefficient (Wildman–Crippen LogP) is 0.687. The van der Waals surface area contributed by atoms with Gasteiger partial charge < -0.3 is 27.2 Å². The molecular weight excluding hydrogens is 388 g/mol. The Labute approximate surface area is 158 Å². The number of ether oxygens (including phenoxy) is 1. The first-order valence-corrected chi connectivity index (χ1v) is 13.8. The highest BCUT2D eigenvalue weighted by Crippen LogP contribution is 2.67. The van der Waals surface area contributed by atoms with Crippen molar-refractivity contribution in [1.29, 1.82) is 0 Å². The normalized spacial score (nSPS) is 36.6. The van der Waals surface area contributed by atoms with Crippen LogP contribution in [0.3, 0.4) is 0 Å². The highest BCUT2D eigenvalue weighted by molar-refractivity contribution is 7.97. The lowest BCUT2D eigenvalue weighted by Gasteiger charge is -2.38. The van der Waals surface area contributed by atoms with E-state index in [0.717, 1.165) is 11.2 Å². The molecule has 0 aromatic rings. The number of rotatable bonds is 5. The monoisotopic (exact) mass is 424 g/mol. The van der Waals surface area contributed by atoms with Crippen LogP contribution in [-0.2, 0) is 15.6 Å². The molecule has 2 rings (SSSR count). The van der Waals surface area contributed by atoms with Crippen molar-refractivity contribution in [2.75, 3.05) is 19.1 Å². The van der Waals surface area contributed by atoms with Crippen molar-refractivity contribution in [1.82, 2.24) is 0 Å². The molecule has 2 aliphatic rings. The van der Waals surface area contributed by atoms with E-state index in [0.29, 0.717) is 27.8 Å². The van der Waals surface area contributed by atoms with Gasteiger partial charge in [-0.3, -0.25) is 0 Å². The minimum atomic E-state index is -1.06. The Morgan fingerprint density at radius 2 is 1.78 bits per heavy atom. The maximum absolute atomic E-state index is 6.06. The molecule has 138 valence electrons. The summed E-state index contributed by atoms with van der Waals surface area (Å²) in [5.74, 6) is 2.10. The fourth-order valence-corrected chi connectivity index (χ4v) is 8.26. The van der Waals surface area contributed by atoms with Crippen LogP contribution in [0.25, 0.3) is 0 Å². The molecule has 1 unspecified atom stereocenters. The second kappa shape index (κ2) is 7.94. The van der Waals surface area contributed by atoms with E-state index in [4.69, 9.17) is 4.74 Å². The van der Waals surface area contributed by atoms with Gasteiger partial charge in [0, 0.05) is 18.4 Å². The summed E-state index contributed by atoms with van der Waals surface area (Å²) < 4.78 is 6.06. The van der Waals surface area contributed by atoms with Gasteiger partial charge in [0.15, 0.2) is 0 Å². The summed E-state index contributed by atoms with van der Waals surface area (Å²) >= 11 is 0. The average molecular weight is 426 g/mol. The van der Waals surface area contributed by atoms with Crippen LogP contribution < -0.4 is 17.0 Å². The van der Waals surface area contributed by atoms with Crippen LogP contribution in [0.2, 0.25) is 19.6 Å². The molecule has 2 nitrogen and oxygen atoms in total. The standard InChI is InChI=1S/C18H35OSSi.BrH.H2O/c1-17(2)14-10-11-18(17,3)16(19-4)15(14)20(5)12-9-13-21(6,7)8;;/h9,13-16H,10-12H2,1-8H3;1H;1H2/q+1;;/p-1/b13-9+;;/t14-,15-,16-,18+,20?;;/m1../s1. The Hall–Kier alpha value is 0.707. The molecule has 2 N–H and O–H groups in total. The van der Waals surface area contributed by atoms with Crippen molar-refractivity contribution in [3.05, 3.63) is 11.8 Å². The topological polar surface area (TPSA) is 40.7 Å². The van der Waals surface area contributed by atoms with Crippen molar-refractivity contribution in [3.63, 3.8) is 0 Å². The van der Waals surface area contributed by atoms with Gasteiger partial charge in [0.05, 0.1) is 14.3 Å². The fraction of sp³-hybridized carbons (Fsp3) is 0.889. The fourth-order valence-electron chi connectivity index (χ4n) is 4.77. The van der Waals surface area contributed by atoms with Crippen LogP contribution in [0.5, 0.6) is 0 Å². The Morgan fingerprint density at radius 3 is 2.26 bits per heavy atom. The predicted molar refractivity (Wildman–Crippen MR) is 103 cm³/mol. The van der Waals surface area contributed by atoms with Crippen LogP contribution in [-0.4, -0.2) is 44.0 Å². The molecule has 0 aromatic heterocycles. The first-order chi connectivity index (χ1) is 9.54. The van der Waals surface area contributed by atoms with Gasteiger partial charge in [-0.05, 0) is 35.2 Å². The minimum absolute atomic E-state index is 0. The summed E-state index contributed by atoms with van der Waals surface area (Å²) in [4.78, 5) is 0. The molecule has 2 bridgehead atoms. The second-order valence-corrected chi connectivity index (χ2v) is 16.4. The average Bonchev–Trinajstić information content (AvgIpc) is 2.67. The molecule has 2 saturated carbocycles. The van der Waals surface area contributed by atoms with Crippen LogP contribution in [0, 0.1) is 16.7 Å². The molecule has 0 aliphatic heterocycles. The lowest BCUT2D eigenvalue weighted by Crippen LogP contribution is -3.00. The zero-order chi connectivity index (χ0) is 16.1. The molecule has 0 spiro atoms. The molecular formula is C18H37BrO2SSi. The third kappa shape index (κ3) is 4.10. The Morgan fingerprint density at radius 1 is 1.22 bits per heavy atom. The van der Waals surface area contributed by atoms with E-state index in [2.05, 4.69) is 58.4 Å². The molecule has 0 saturated heterocycles. The van der Waals surface area contributed by atoms with E-state index < -0.39 is 8.07 Å². The lowest BCUT2D eigenvalue weighted by atomic mass is 9.70. The number of methoxy groups -OCH3 is 1. The molecule has 2 aliphatic carbocycles. The summed E-state index contributed by atoms with van der Waals surface area (Å²) in [5.41, 5.74) is 3.32. The zero-order valence-corrected chi connectivity index (χ0v) is 19.6. The molecule has 0 radical (unpaired) electrons. The quantitative estimate of drug-likeness (QED) is 0.472. The summed E-state index contributed by atoms with van der Waals surface area (Å²) in [6.45, 7) is 14.7. The van der Waals surface area contributed by atoms with Gasteiger partial charge in [0.1, 0.15) is 17.1 Å².